The molecule has 0 spiro atoms. The molecule has 2 aliphatic rings. The summed E-state index contributed by atoms with van der Waals surface area (Å²) in [6, 6.07) is 15.0. The second kappa shape index (κ2) is 12.9. The Morgan fingerprint density at radius 3 is 2.64 bits per heavy atom. The lowest BCUT2D eigenvalue weighted by Gasteiger charge is -2.26. The first-order chi connectivity index (χ1) is 19.1. The number of para-hydroxylation sites is 1. The van der Waals surface area contributed by atoms with Gasteiger partial charge in [0.1, 0.15) is 5.00 Å². The van der Waals surface area contributed by atoms with Crippen LogP contribution in [0.25, 0.3) is 0 Å². The van der Waals surface area contributed by atoms with Crippen LogP contribution in [0.5, 0.6) is 11.5 Å². The molecule has 0 unspecified atom stereocenters. The van der Waals surface area contributed by atoms with Crippen molar-refractivity contribution in [3.63, 3.8) is 0 Å². The van der Waals surface area contributed by atoms with Gasteiger partial charge < -0.3 is 24.4 Å². The SMILES string of the molecule is CCOc1cc(C=Nc2sc3c(c2C(=O)Nc2ccccc2)CCCC3)ccc1OCC(=O)N1CCOCC1. The number of amides is 2. The fourth-order valence-electron chi connectivity index (χ4n) is 4.76. The van der Waals surface area contributed by atoms with Crippen molar-refractivity contribution in [2.24, 2.45) is 4.99 Å². The zero-order valence-electron chi connectivity index (χ0n) is 22.1. The van der Waals surface area contributed by atoms with Gasteiger partial charge in [0.15, 0.2) is 18.1 Å². The molecule has 9 heteroatoms. The number of aliphatic imine (C=N–C) groups is 1. The average Bonchev–Trinajstić information content (AvgIpc) is 3.35. The van der Waals surface area contributed by atoms with E-state index in [0.29, 0.717) is 55.0 Å². The van der Waals surface area contributed by atoms with Crippen LogP contribution in [-0.2, 0) is 22.4 Å². The van der Waals surface area contributed by atoms with Crippen LogP contribution in [0.1, 0.15) is 46.1 Å². The number of hydrogen-bond acceptors (Lipinski definition) is 7. The van der Waals surface area contributed by atoms with Crippen molar-refractivity contribution in [3.05, 3.63) is 70.1 Å². The highest BCUT2D eigenvalue weighted by Crippen LogP contribution is 2.40. The molecule has 2 amide bonds. The quantitative estimate of drug-likeness (QED) is 0.369. The Bertz CT molecular complexity index is 1330. The van der Waals surface area contributed by atoms with Gasteiger partial charge in [-0.3, -0.25) is 9.59 Å². The second-order valence-corrected chi connectivity index (χ2v) is 10.5. The van der Waals surface area contributed by atoms with Crippen LogP contribution < -0.4 is 14.8 Å². The highest BCUT2D eigenvalue weighted by molar-refractivity contribution is 7.16. The molecule has 1 N–H and O–H groups in total. The molecule has 0 atom stereocenters. The van der Waals surface area contributed by atoms with Crippen molar-refractivity contribution in [3.8, 4) is 11.5 Å². The number of nitrogens with one attached hydrogen (secondary N) is 1. The minimum absolute atomic E-state index is 0.0614. The smallest absolute Gasteiger partial charge is 0.260 e. The Kier molecular flexibility index (Phi) is 8.90. The minimum atomic E-state index is -0.128. The predicted octanol–water partition coefficient (Wildman–Crippen LogP) is 5.27. The molecule has 1 aromatic heterocycles. The molecule has 8 nitrogen and oxygen atoms in total. The Hall–Kier alpha value is -3.69. The number of nitrogens with zero attached hydrogens (tertiary/aromatic N) is 2. The van der Waals surface area contributed by atoms with Gasteiger partial charge in [-0.15, -0.1) is 11.3 Å². The first kappa shape index (κ1) is 26.9. The van der Waals surface area contributed by atoms with E-state index in [4.69, 9.17) is 19.2 Å². The van der Waals surface area contributed by atoms with E-state index in [1.54, 1.807) is 28.5 Å². The number of fused-ring (bicyclic) bond motifs is 1. The third-order valence-corrected chi connectivity index (χ3v) is 7.92. The van der Waals surface area contributed by atoms with Gasteiger partial charge in [0.25, 0.3) is 11.8 Å². The number of benzene rings is 2. The Morgan fingerprint density at radius 2 is 1.85 bits per heavy atom. The maximum Gasteiger partial charge on any atom is 0.260 e. The molecule has 5 rings (SSSR count). The zero-order valence-corrected chi connectivity index (χ0v) is 22.9. The summed E-state index contributed by atoms with van der Waals surface area (Å²) in [5.41, 5.74) is 3.36. The van der Waals surface area contributed by atoms with Crippen molar-refractivity contribution < 1.29 is 23.8 Å². The van der Waals surface area contributed by atoms with Crippen LogP contribution >= 0.6 is 11.3 Å². The summed E-state index contributed by atoms with van der Waals surface area (Å²) in [6.45, 7) is 4.54. The van der Waals surface area contributed by atoms with Gasteiger partial charge in [0.2, 0.25) is 0 Å². The fourth-order valence-corrected chi connectivity index (χ4v) is 5.99. The number of morpholine rings is 1. The molecule has 204 valence electrons. The van der Waals surface area contributed by atoms with E-state index < -0.39 is 0 Å². The van der Waals surface area contributed by atoms with Gasteiger partial charge in [-0.2, -0.15) is 0 Å². The average molecular weight is 548 g/mol. The van der Waals surface area contributed by atoms with Crippen molar-refractivity contribution in [1.29, 1.82) is 0 Å². The predicted molar refractivity (Wildman–Crippen MR) is 153 cm³/mol. The molecule has 39 heavy (non-hydrogen) atoms. The number of carbonyl (C=O) groups is 2. The number of hydrogen-bond donors (Lipinski definition) is 1. The lowest BCUT2D eigenvalue weighted by atomic mass is 9.95. The summed E-state index contributed by atoms with van der Waals surface area (Å²) in [4.78, 5) is 33.6. The molecule has 1 aliphatic heterocycles. The Balaban J connectivity index is 1.34. The second-order valence-electron chi connectivity index (χ2n) is 9.39. The number of ether oxygens (including phenoxy) is 3. The van der Waals surface area contributed by atoms with Crippen molar-refractivity contribution in [2.75, 3.05) is 44.8 Å². The molecule has 2 heterocycles. The molecule has 0 bridgehead atoms. The number of thiophene rings is 1. The lowest BCUT2D eigenvalue weighted by molar-refractivity contribution is -0.137. The van der Waals surface area contributed by atoms with E-state index in [1.807, 2.05) is 49.4 Å². The van der Waals surface area contributed by atoms with Crippen LogP contribution in [0.4, 0.5) is 10.7 Å². The molecule has 0 saturated carbocycles. The van der Waals surface area contributed by atoms with E-state index in [9.17, 15) is 9.59 Å². The summed E-state index contributed by atoms with van der Waals surface area (Å²) in [7, 11) is 0. The summed E-state index contributed by atoms with van der Waals surface area (Å²) in [5, 5.41) is 3.75. The van der Waals surface area contributed by atoms with E-state index in [-0.39, 0.29) is 18.4 Å². The van der Waals surface area contributed by atoms with Gasteiger partial charge in [-0.1, -0.05) is 18.2 Å². The van der Waals surface area contributed by atoms with Crippen molar-refractivity contribution in [1.82, 2.24) is 4.90 Å². The van der Waals surface area contributed by atoms with Crippen molar-refractivity contribution >= 4 is 40.1 Å². The summed E-state index contributed by atoms with van der Waals surface area (Å²) < 4.78 is 17.0. The molecular formula is C30H33N3O5S. The molecule has 3 aromatic rings. The van der Waals surface area contributed by atoms with Crippen molar-refractivity contribution in [2.45, 2.75) is 32.6 Å². The van der Waals surface area contributed by atoms with Gasteiger partial charge in [0, 0.05) is 29.9 Å². The standard InChI is InChI=1S/C30H33N3O5S/c1-2-37-25-18-21(12-13-24(25)38-20-27(34)33-14-16-36-17-15-33)19-31-30-28(23-10-6-7-11-26(23)39-30)29(35)32-22-8-4-3-5-9-22/h3-5,8-9,12-13,18-19H,2,6-7,10-11,14-17,20H2,1H3,(H,32,35). The van der Waals surface area contributed by atoms with Gasteiger partial charge in [-0.25, -0.2) is 4.99 Å². The molecule has 1 fully saturated rings. The first-order valence-electron chi connectivity index (χ1n) is 13.4. The summed E-state index contributed by atoms with van der Waals surface area (Å²) in [5.74, 6) is 0.847. The van der Waals surface area contributed by atoms with Crippen LogP contribution in [0.3, 0.4) is 0 Å². The minimum Gasteiger partial charge on any atom is -0.490 e. The molecular weight excluding hydrogens is 514 g/mol. The first-order valence-corrected chi connectivity index (χ1v) is 14.2. The fraction of sp³-hybridized carbons (Fsp3) is 0.367. The van der Waals surface area contributed by atoms with Gasteiger partial charge >= 0.3 is 0 Å². The number of carbonyl (C=O) groups excluding carboxylic acids is 2. The molecule has 1 saturated heterocycles. The third kappa shape index (κ3) is 6.66. The van der Waals surface area contributed by atoms with Crippen LogP contribution in [0.15, 0.2) is 53.5 Å². The summed E-state index contributed by atoms with van der Waals surface area (Å²) >= 11 is 1.60. The number of anilines is 1. The topological polar surface area (TPSA) is 89.5 Å². The lowest BCUT2D eigenvalue weighted by Crippen LogP contribution is -2.43. The Morgan fingerprint density at radius 1 is 1.05 bits per heavy atom. The van der Waals surface area contributed by atoms with Crippen LogP contribution in [0, 0.1) is 0 Å². The maximum absolute atomic E-state index is 13.4. The van der Waals surface area contributed by atoms with E-state index in [2.05, 4.69) is 5.32 Å². The van der Waals surface area contributed by atoms with Gasteiger partial charge in [0.05, 0.1) is 25.4 Å². The molecule has 0 radical (unpaired) electrons. The normalized spacial score (nSPS) is 15.2. The summed E-state index contributed by atoms with van der Waals surface area (Å²) in [6.07, 6.45) is 5.82. The van der Waals surface area contributed by atoms with Crippen LogP contribution in [0.2, 0.25) is 0 Å². The van der Waals surface area contributed by atoms with Gasteiger partial charge in [-0.05, 0) is 74.1 Å². The van der Waals surface area contributed by atoms with Crippen LogP contribution in [-0.4, -0.2) is 62.4 Å². The highest BCUT2D eigenvalue weighted by atomic mass is 32.1. The monoisotopic (exact) mass is 547 g/mol. The number of rotatable bonds is 9. The third-order valence-electron chi connectivity index (χ3n) is 6.72. The largest absolute Gasteiger partial charge is 0.490 e. The molecule has 1 aliphatic carbocycles. The highest BCUT2D eigenvalue weighted by Gasteiger charge is 2.25. The zero-order chi connectivity index (χ0) is 27.0. The van der Waals surface area contributed by atoms with E-state index in [1.165, 1.54) is 4.88 Å². The molecule has 2 aromatic carbocycles. The Labute approximate surface area is 232 Å². The number of aryl methyl sites for hydroxylation is 1. The van der Waals surface area contributed by atoms with E-state index in [0.717, 1.165) is 42.5 Å². The van der Waals surface area contributed by atoms with E-state index >= 15 is 0 Å². The maximum atomic E-state index is 13.4.